The molecule has 0 spiro atoms. The van der Waals surface area contributed by atoms with Gasteiger partial charge in [-0.05, 0) is 44.6 Å². The Balaban J connectivity index is 1.92. The molecule has 0 radical (unpaired) electrons. The molecule has 0 amide bonds. The Bertz CT molecular complexity index is 245. The van der Waals surface area contributed by atoms with Gasteiger partial charge in [0.2, 0.25) is 0 Å². The average Bonchev–Trinajstić information content (AvgIpc) is 3.04. The average molecular weight is 223 g/mol. The first-order valence-corrected chi connectivity index (χ1v) is 6.97. The van der Waals surface area contributed by atoms with Crippen LogP contribution in [0, 0.1) is 5.92 Å². The lowest BCUT2D eigenvalue weighted by molar-refractivity contribution is -0.126. The molecule has 92 valence electrons. The van der Waals surface area contributed by atoms with E-state index in [1.165, 1.54) is 25.7 Å². The lowest BCUT2D eigenvalue weighted by atomic mass is 9.92. The minimum Gasteiger partial charge on any atom is -0.298 e. The Kier molecular flexibility index (Phi) is 4.01. The van der Waals surface area contributed by atoms with Gasteiger partial charge in [0.15, 0.2) is 0 Å². The molecule has 0 aromatic heterocycles. The van der Waals surface area contributed by atoms with Crippen LogP contribution in [0.15, 0.2) is 0 Å². The van der Waals surface area contributed by atoms with Crippen LogP contribution >= 0.6 is 0 Å². The molecule has 1 atom stereocenters. The lowest BCUT2D eigenvalue weighted by Gasteiger charge is -2.33. The summed E-state index contributed by atoms with van der Waals surface area (Å²) >= 11 is 0. The fourth-order valence-electron chi connectivity index (χ4n) is 2.72. The Morgan fingerprint density at radius 1 is 1.25 bits per heavy atom. The standard InChI is InChI=1S/C14H25NO/c1-11(2)9-10-15(12-7-8-12)13-5-3-4-6-14(13)16/h11-13H,3-10H2,1-2H3. The third kappa shape index (κ3) is 3.07. The van der Waals surface area contributed by atoms with E-state index in [0.29, 0.717) is 5.78 Å². The molecule has 2 aliphatic carbocycles. The van der Waals surface area contributed by atoms with E-state index in [1.54, 1.807) is 0 Å². The summed E-state index contributed by atoms with van der Waals surface area (Å²) in [6.45, 7) is 5.68. The van der Waals surface area contributed by atoms with Crippen molar-refractivity contribution in [3.05, 3.63) is 0 Å². The molecule has 0 saturated heterocycles. The van der Waals surface area contributed by atoms with Crippen molar-refractivity contribution in [2.45, 2.75) is 70.9 Å². The van der Waals surface area contributed by atoms with Crippen LogP contribution in [0.2, 0.25) is 0 Å². The van der Waals surface area contributed by atoms with Crippen LogP contribution in [-0.4, -0.2) is 29.3 Å². The molecular weight excluding hydrogens is 198 g/mol. The van der Waals surface area contributed by atoms with E-state index in [-0.39, 0.29) is 6.04 Å². The van der Waals surface area contributed by atoms with E-state index in [2.05, 4.69) is 18.7 Å². The number of nitrogens with zero attached hydrogens (tertiary/aromatic N) is 1. The summed E-state index contributed by atoms with van der Waals surface area (Å²) in [4.78, 5) is 14.5. The molecule has 2 saturated carbocycles. The number of ketones is 1. The zero-order chi connectivity index (χ0) is 11.5. The largest absolute Gasteiger partial charge is 0.298 e. The van der Waals surface area contributed by atoms with Crippen molar-refractivity contribution in [3.8, 4) is 0 Å². The topological polar surface area (TPSA) is 20.3 Å². The van der Waals surface area contributed by atoms with Crippen molar-refractivity contribution in [1.29, 1.82) is 0 Å². The number of carbonyl (C=O) groups excluding carboxylic acids is 1. The van der Waals surface area contributed by atoms with Gasteiger partial charge in [0, 0.05) is 12.5 Å². The van der Waals surface area contributed by atoms with E-state index in [0.717, 1.165) is 37.8 Å². The van der Waals surface area contributed by atoms with Gasteiger partial charge in [0.25, 0.3) is 0 Å². The van der Waals surface area contributed by atoms with Gasteiger partial charge >= 0.3 is 0 Å². The van der Waals surface area contributed by atoms with E-state index < -0.39 is 0 Å². The van der Waals surface area contributed by atoms with Crippen molar-refractivity contribution in [2.24, 2.45) is 5.92 Å². The van der Waals surface area contributed by atoms with E-state index >= 15 is 0 Å². The first kappa shape index (κ1) is 12.1. The summed E-state index contributed by atoms with van der Waals surface area (Å²) in [7, 11) is 0. The van der Waals surface area contributed by atoms with Crippen LogP contribution in [0.4, 0.5) is 0 Å². The van der Waals surface area contributed by atoms with Crippen LogP contribution in [0.5, 0.6) is 0 Å². The third-order valence-corrected chi connectivity index (χ3v) is 3.90. The zero-order valence-electron chi connectivity index (χ0n) is 10.7. The second kappa shape index (κ2) is 5.31. The fraction of sp³-hybridized carbons (Fsp3) is 0.929. The second-order valence-corrected chi connectivity index (χ2v) is 5.88. The van der Waals surface area contributed by atoms with Crippen LogP contribution < -0.4 is 0 Å². The summed E-state index contributed by atoms with van der Waals surface area (Å²) in [5.74, 6) is 1.27. The van der Waals surface area contributed by atoms with Gasteiger partial charge < -0.3 is 0 Å². The van der Waals surface area contributed by atoms with Gasteiger partial charge in [-0.25, -0.2) is 0 Å². The minimum atomic E-state index is 0.278. The van der Waals surface area contributed by atoms with E-state index in [1.807, 2.05) is 0 Å². The Hall–Kier alpha value is -0.370. The zero-order valence-corrected chi connectivity index (χ0v) is 10.7. The van der Waals surface area contributed by atoms with Gasteiger partial charge in [-0.2, -0.15) is 0 Å². The molecule has 2 heteroatoms. The fourth-order valence-corrected chi connectivity index (χ4v) is 2.72. The highest BCUT2D eigenvalue weighted by atomic mass is 16.1. The second-order valence-electron chi connectivity index (χ2n) is 5.88. The van der Waals surface area contributed by atoms with Crippen molar-refractivity contribution >= 4 is 5.78 Å². The van der Waals surface area contributed by atoms with E-state index in [9.17, 15) is 4.79 Å². The number of hydrogen-bond acceptors (Lipinski definition) is 2. The normalized spacial score (nSPS) is 26.8. The highest BCUT2D eigenvalue weighted by Gasteiger charge is 2.37. The highest BCUT2D eigenvalue weighted by molar-refractivity contribution is 5.84. The summed E-state index contributed by atoms with van der Waals surface area (Å²) in [5.41, 5.74) is 0. The predicted octanol–water partition coefficient (Wildman–Crippen LogP) is 3.01. The molecular formula is C14H25NO. The van der Waals surface area contributed by atoms with Gasteiger partial charge in [0.05, 0.1) is 6.04 Å². The predicted molar refractivity (Wildman–Crippen MR) is 66.4 cm³/mol. The van der Waals surface area contributed by atoms with Crippen LogP contribution in [0.3, 0.4) is 0 Å². The minimum absolute atomic E-state index is 0.278. The van der Waals surface area contributed by atoms with Crippen LogP contribution in [0.1, 0.15) is 58.8 Å². The Morgan fingerprint density at radius 2 is 2.00 bits per heavy atom. The molecule has 0 heterocycles. The molecule has 2 rings (SSSR count). The third-order valence-electron chi connectivity index (χ3n) is 3.90. The first-order chi connectivity index (χ1) is 7.68. The van der Waals surface area contributed by atoms with Gasteiger partial charge in [-0.15, -0.1) is 0 Å². The SMILES string of the molecule is CC(C)CCN(C1CC1)C1CCCCC1=O. The van der Waals surface area contributed by atoms with Gasteiger partial charge in [-0.3, -0.25) is 9.69 Å². The number of carbonyl (C=O) groups is 1. The molecule has 2 fully saturated rings. The summed E-state index contributed by atoms with van der Waals surface area (Å²) in [6, 6.07) is 1.02. The number of rotatable bonds is 5. The highest BCUT2D eigenvalue weighted by Crippen LogP contribution is 2.32. The molecule has 0 aliphatic heterocycles. The van der Waals surface area contributed by atoms with Crippen LogP contribution in [-0.2, 0) is 4.79 Å². The summed E-state index contributed by atoms with van der Waals surface area (Å²) < 4.78 is 0. The number of hydrogen-bond donors (Lipinski definition) is 0. The molecule has 1 unspecified atom stereocenters. The first-order valence-electron chi connectivity index (χ1n) is 6.97. The molecule has 2 nitrogen and oxygen atoms in total. The molecule has 0 aromatic rings. The summed E-state index contributed by atoms with van der Waals surface area (Å²) in [5, 5.41) is 0. The molecule has 0 aromatic carbocycles. The van der Waals surface area contributed by atoms with Crippen LogP contribution in [0.25, 0.3) is 0 Å². The van der Waals surface area contributed by atoms with Crippen molar-refractivity contribution in [2.75, 3.05) is 6.54 Å². The maximum absolute atomic E-state index is 12.0. The molecule has 2 aliphatic rings. The van der Waals surface area contributed by atoms with E-state index in [4.69, 9.17) is 0 Å². The van der Waals surface area contributed by atoms with Crippen molar-refractivity contribution in [1.82, 2.24) is 4.90 Å². The lowest BCUT2D eigenvalue weighted by Crippen LogP contribution is -2.45. The maximum Gasteiger partial charge on any atom is 0.149 e. The van der Waals surface area contributed by atoms with Gasteiger partial charge in [-0.1, -0.05) is 20.3 Å². The Labute approximate surface area is 99.4 Å². The maximum atomic E-state index is 12.0. The van der Waals surface area contributed by atoms with Gasteiger partial charge in [0.1, 0.15) is 5.78 Å². The molecule has 16 heavy (non-hydrogen) atoms. The monoisotopic (exact) mass is 223 g/mol. The molecule has 0 N–H and O–H groups in total. The smallest absolute Gasteiger partial charge is 0.149 e. The number of Topliss-reactive ketones (excluding diaryl/α,β-unsaturated/α-hetero) is 1. The summed E-state index contributed by atoms with van der Waals surface area (Å²) in [6.07, 6.45) is 8.20. The Morgan fingerprint density at radius 3 is 2.56 bits per heavy atom. The van der Waals surface area contributed by atoms with Crippen molar-refractivity contribution in [3.63, 3.8) is 0 Å². The van der Waals surface area contributed by atoms with Crippen molar-refractivity contribution < 1.29 is 4.79 Å². The molecule has 0 bridgehead atoms. The quantitative estimate of drug-likeness (QED) is 0.714.